The van der Waals surface area contributed by atoms with Gasteiger partial charge in [-0.1, -0.05) is 34.5 Å². The van der Waals surface area contributed by atoms with E-state index in [4.69, 9.17) is 27.9 Å². The Hall–Kier alpha value is -2.40. The molecule has 0 aliphatic carbocycles. The molecule has 0 bridgehead atoms. The van der Waals surface area contributed by atoms with Gasteiger partial charge in [-0.15, -0.1) is 10.2 Å². The number of carbonyl (C=O) groups excluding carboxylic acids is 1. The van der Waals surface area contributed by atoms with Gasteiger partial charge in [0.05, 0.1) is 24.1 Å². The van der Waals surface area contributed by atoms with E-state index < -0.39 is 22.0 Å². The average molecular weight is 501 g/mol. The minimum atomic E-state index is -3.85. The lowest BCUT2D eigenvalue weighted by Gasteiger charge is -2.28. The number of nitrogens with zero attached hydrogens (tertiary/aromatic N) is 3. The maximum atomic E-state index is 12.8. The normalized spacial score (nSPS) is 12.3. The molecule has 1 heterocycles. The zero-order valence-electron chi connectivity index (χ0n) is 16.7. The molecule has 31 heavy (non-hydrogen) atoms. The summed E-state index contributed by atoms with van der Waals surface area (Å²) in [5.41, 5.74) is 0.908. The molecule has 3 rings (SSSR count). The lowest BCUT2D eigenvalue weighted by molar-refractivity contribution is -0.116. The highest BCUT2D eigenvalue weighted by atomic mass is 35.5. The number of methoxy groups -OCH3 is 1. The monoisotopic (exact) mass is 500 g/mol. The van der Waals surface area contributed by atoms with E-state index >= 15 is 0 Å². The van der Waals surface area contributed by atoms with Crippen molar-refractivity contribution >= 4 is 61.3 Å². The molecule has 3 aromatic rings. The smallest absolute Gasteiger partial charge is 0.249 e. The number of nitrogens with one attached hydrogen (secondary N) is 1. The molecule has 12 heteroatoms. The largest absolute Gasteiger partial charge is 0.497 e. The Kier molecular flexibility index (Phi) is 7.05. The van der Waals surface area contributed by atoms with Crippen LogP contribution >= 0.6 is 34.5 Å². The summed E-state index contributed by atoms with van der Waals surface area (Å²) >= 11 is 13.3. The number of benzene rings is 2. The van der Waals surface area contributed by atoms with Crippen LogP contribution in [0, 0.1) is 0 Å². The van der Waals surface area contributed by atoms with Crippen LogP contribution in [0.4, 0.5) is 10.8 Å². The molecule has 0 saturated heterocycles. The zero-order chi connectivity index (χ0) is 22.8. The first kappa shape index (κ1) is 23.3. The van der Waals surface area contributed by atoms with Crippen molar-refractivity contribution in [3.63, 3.8) is 0 Å². The van der Waals surface area contributed by atoms with E-state index in [-0.39, 0.29) is 20.9 Å². The number of hydrogen-bond acceptors (Lipinski definition) is 7. The molecule has 0 fully saturated rings. The molecule has 0 aliphatic heterocycles. The van der Waals surface area contributed by atoms with Gasteiger partial charge >= 0.3 is 0 Å². The van der Waals surface area contributed by atoms with Crippen LogP contribution in [-0.2, 0) is 14.8 Å². The fourth-order valence-electron chi connectivity index (χ4n) is 2.77. The molecule has 2 aromatic carbocycles. The van der Waals surface area contributed by atoms with Crippen molar-refractivity contribution in [2.24, 2.45) is 0 Å². The molecule has 1 amide bonds. The van der Waals surface area contributed by atoms with Gasteiger partial charge in [0.15, 0.2) is 0 Å². The number of halogens is 2. The number of ether oxygens (including phenoxy) is 1. The van der Waals surface area contributed by atoms with Crippen molar-refractivity contribution in [2.45, 2.75) is 13.0 Å². The summed E-state index contributed by atoms with van der Waals surface area (Å²) in [6.45, 7) is 1.44. The van der Waals surface area contributed by atoms with Crippen molar-refractivity contribution in [3.05, 3.63) is 52.5 Å². The Morgan fingerprint density at radius 3 is 2.45 bits per heavy atom. The van der Waals surface area contributed by atoms with Gasteiger partial charge in [0.1, 0.15) is 16.8 Å². The van der Waals surface area contributed by atoms with E-state index in [9.17, 15) is 13.2 Å². The van der Waals surface area contributed by atoms with E-state index in [0.717, 1.165) is 27.5 Å². The summed E-state index contributed by atoms with van der Waals surface area (Å²) in [6, 6.07) is 10.5. The molecule has 0 aliphatic rings. The van der Waals surface area contributed by atoms with Crippen LogP contribution in [0.25, 0.3) is 10.6 Å². The fraction of sp³-hybridized carbons (Fsp3) is 0.211. The molecule has 8 nitrogen and oxygen atoms in total. The van der Waals surface area contributed by atoms with Crippen LogP contribution in [0.3, 0.4) is 0 Å². The Bertz CT molecular complexity index is 1200. The third-order valence-electron chi connectivity index (χ3n) is 4.23. The number of hydrogen-bond donors (Lipinski definition) is 1. The van der Waals surface area contributed by atoms with Crippen LogP contribution in [0.2, 0.25) is 10.0 Å². The third-order valence-corrected chi connectivity index (χ3v) is 6.90. The SMILES string of the molecule is COc1ccc(-c2nnc(NC(=O)[C@@H](C)N(c3cc(Cl)ccc3Cl)S(C)(=O)=O)s2)cc1. The topological polar surface area (TPSA) is 101 Å². The van der Waals surface area contributed by atoms with Crippen molar-refractivity contribution in [1.82, 2.24) is 10.2 Å². The van der Waals surface area contributed by atoms with Gasteiger partial charge in [-0.05, 0) is 49.4 Å². The molecule has 0 unspecified atom stereocenters. The van der Waals surface area contributed by atoms with Crippen LogP contribution in [0.15, 0.2) is 42.5 Å². The predicted octanol–water partition coefficient (Wildman–Crippen LogP) is 4.31. The van der Waals surface area contributed by atoms with E-state index in [1.165, 1.54) is 25.1 Å². The first-order valence-corrected chi connectivity index (χ1v) is 12.3. The molecular weight excluding hydrogens is 483 g/mol. The highest BCUT2D eigenvalue weighted by molar-refractivity contribution is 7.92. The summed E-state index contributed by atoms with van der Waals surface area (Å²) in [4.78, 5) is 12.8. The summed E-state index contributed by atoms with van der Waals surface area (Å²) in [7, 11) is -2.28. The van der Waals surface area contributed by atoms with Crippen molar-refractivity contribution < 1.29 is 17.9 Å². The minimum absolute atomic E-state index is 0.107. The second-order valence-electron chi connectivity index (χ2n) is 6.46. The number of sulfonamides is 1. The van der Waals surface area contributed by atoms with E-state index in [1.807, 2.05) is 12.1 Å². The van der Waals surface area contributed by atoms with E-state index in [0.29, 0.717) is 10.8 Å². The first-order chi connectivity index (χ1) is 14.6. The summed E-state index contributed by atoms with van der Waals surface area (Å²) < 4.78 is 30.9. The lowest BCUT2D eigenvalue weighted by atomic mass is 10.2. The van der Waals surface area contributed by atoms with Gasteiger partial charge in [0.2, 0.25) is 21.1 Å². The van der Waals surface area contributed by atoms with Gasteiger partial charge in [0.25, 0.3) is 0 Å². The maximum Gasteiger partial charge on any atom is 0.249 e. The van der Waals surface area contributed by atoms with Gasteiger partial charge in [-0.25, -0.2) is 8.42 Å². The number of aromatic nitrogens is 2. The number of carbonyl (C=O) groups is 1. The Balaban J connectivity index is 1.83. The Morgan fingerprint density at radius 2 is 1.84 bits per heavy atom. The van der Waals surface area contributed by atoms with Gasteiger partial charge in [-0.3, -0.25) is 14.4 Å². The number of rotatable bonds is 7. The van der Waals surface area contributed by atoms with Crippen LogP contribution in [0.5, 0.6) is 5.75 Å². The van der Waals surface area contributed by atoms with Gasteiger partial charge in [0, 0.05) is 10.6 Å². The summed E-state index contributed by atoms with van der Waals surface area (Å²) in [5.74, 6) is 0.107. The van der Waals surface area contributed by atoms with Crippen molar-refractivity contribution in [1.29, 1.82) is 0 Å². The van der Waals surface area contributed by atoms with Crippen LogP contribution in [-0.4, -0.2) is 43.9 Å². The molecule has 0 spiro atoms. The van der Waals surface area contributed by atoms with E-state index in [1.54, 1.807) is 19.2 Å². The molecule has 1 aromatic heterocycles. The van der Waals surface area contributed by atoms with Crippen LogP contribution in [0.1, 0.15) is 6.92 Å². The highest BCUT2D eigenvalue weighted by Crippen LogP contribution is 2.33. The van der Waals surface area contributed by atoms with Crippen molar-refractivity contribution in [3.8, 4) is 16.3 Å². The number of amides is 1. The first-order valence-electron chi connectivity index (χ1n) is 8.83. The van der Waals surface area contributed by atoms with Gasteiger partial charge < -0.3 is 4.74 Å². The maximum absolute atomic E-state index is 12.8. The minimum Gasteiger partial charge on any atom is -0.497 e. The second kappa shape index (κ2) is 9.39. The predicted molar refractivity (Wildman–Crippen MR) is 124 cm³/mol. The van der Waals surface area contributed by atoms with E-state index in [2.05, 4.69) is 15.5 Å². The average Bonchev–Trinajstić information content (AvgIpc) is 3.18. The molecule has 164 valence electrons. The third kappa shape index (κ3) is 5.45. The Morgan fingerprint density at radius 1 is 1.16 bits per heavy atom. The standard InChI is InChI=1S/C19H18Cl2N4O4S2/c1-11(25(31(3,27)28)16-10-13(20)6-9-15(16)21)17(26)22-19-24-23-18(30-19)12-4-7-14(29-2)8-5-12/h4-11H,1-3H3,(H,22,24,26)/t11-/m1/s1. The Labute approximate surface area is 193 Å². The fourth-order valence-corrected chi connectivity index (χ4v) is 5.13. The summed E-state index contributed by atoms with van der Waals surface area (Å²) in [6.07, 6.45) is 0.987. The second-order valence-corrected chi connectivity index (χ2v) is 10.1. The molecule has 1 atom stereocenters. The van der Waals surface area contributed by atoms with Gasteiger partial charge in [-0.2, -0.15) is 0 Å². The molecule has 0 saturated carbocycles. The van der Waals surface area contributed by atoms with Crippen molar-refractivity contribution in [2.75, 3.05) is 23.0 Å². The highest BCUT2D eigenvalue weighted by Gasteiger charge is 2.31. The quantitative estimate of drug-likeness (QED) is 0.518. The van der Waals surface area contributed by atoms with Crippen LogP contribution < -0.4 is 14.4 Å². The molecular formula is C19H18Cl2N4O4S2. The lowest BCUT2D eigenvalue weighted by Crippen LogP contribution is -2.45. The number of anilines is 2. The zero-order valence-corrected chi connectivity index (χ0v) is 19.8. The molecule has 0 radical (unpaired) electrons. The molecule has 1 N–H and O–H groups in total. The summed E-state index contributed by atoms with van der Waals surface area (Å²) in [5, 5.41) is 11.9.